The zero-order valence-electron chi connectivity index (χ0n) is 19.9. The third kappa shape index (κ3) is 4.73. The number of esters is 1. The quantitative estimate of drug-likeness (QED) is 0.263. The lowest BCUT2D eigenvalue weighted by Crippen LogP contribution is -2.17. The molecule has 8 heteroatoms. The number of fused-ring (bicyclic) bond motifs is 2. The molecular weight excluding hydrogens is 515 g/mol. The number of rotatable bonds is 5. The number of pyridine rings is 1. The maximum Gasteiger partial charge on any atom is 0.341 e. The Labute approximate surface area is 223 Å². The molecule has 1 aliphatic carbocycles. The molecule has 184 valence electrons. The molecule has 0 saturated heterocycles. The van der Waals surface area contributed by atoms with E-state index in [1.165, 1.54) is 11.3 Å². The van der Waals surface area contributed by atoms with Crippen molar-refractivity contribution >= 4 is 62.3 Å². The number of carbonyl (C=O) groups excluding carboxylic acids is 2. The third-order valence-corrected chi connectivity index (χ3v) is 8.30. The van der Waals surface area contributed by atoms with Crippen LogP contribution in [0.25, 0.3) is 22.2 Å². The van der Waals surface area contributed by atoms with E-state index in [1.54, 1.807) is 25.1 Å². The molecule has 2 aromatic carbocycles. The molecule has 0 aliphatic heterocycles. The Morgan fingerprint density at radius 3 is 2.72 bits per heavy atom. The molecule has 1 amide bonds. The van der Waals surface area contributed by atoms with Crippen molar-refractivity contribution in [1.29, 1.82) is 0 Å². The van der Waals surface area contributed by atoms with Gasteiger partial charge in [0, 0.05) is 15.8 Å². The monoisotopic (exact) mass is 538 g/mol. The van der Waals surface area contributed by atoms with Crippen molar-refractivity contribution in [2.24, 2.45) is 5.92 Å². The zero-order chi connectivity index (χ0) is 25.4. The van der Waals surface area contributed by atoms with Gasteiger partial charge in [0.1, 0.15) is 5.00 Å². The van der Waals surface area contributed by atoms with E-state index < -0.39 is 5.97 Å². The Balaban J connectivity index is 1.58. The van der Waals surface area contributed by atoms with Crippen molar-refractivity contribution < 1.29 is 14.3 Å². The maximum atomic E-state index is 13.7. The van der Waals surface area contributed by atoms with E-state index in [-0.39, 0.29) is 12.5 Å². The summed E-state index contributed by atoms with van der Waals surface area (Å²) in [6, 6.07) is 14.5. The average Bonchev–Trinajstić information content (AvgIpc) is 3.21. The van der Waals surface area contributed by atoms with E-state index in [1.807, 2.05) is 30.3 Å². The number of nitrogens with one attached hydrogen (secondary N) is 1. The molecule has 2 aromatic heterocycles. The van der Waals surface area contributed by atoms with Crippen LogP contribution in [-0.2, 0) is 17.6 Å². The van der Waals surface area contributed by atoms with E-state index in [9.17, 15) is 9.59 Å². The lowest BCUT2D eigenvalue weighted by atomic mass is 9.88. The predicted molar refractivity (Wildman–Crippen MR) is 147 cm³/mol. The van der Waals surface area contributed by atoms with Crippen LogP contribution >= 0.6 is 34.5 Å². The number of hydrogen-bond donors (Lipinski definition) is 1. The fourth-order valence-corrected chi connectivity index (χ4v) is 6.29. The summed E-state index contributed by atoms with van der Waals surface area (Å²) in [5.74, 6) is -0.171. The van der Waals surface area contributed by atoms with Gasteiger partial charge in [0.05, 0.1) is 39.0 Å². The smallest absolute Gasteiger partial charge is 0.341 e. The summed E-state index contributed by atoms with van der Waals surface area (Å²) in [6.07, 6.45) is 2.70. The number of ether oxygens (including phenoxy) is 1. The van der Waals surface area contributed by atoms with Gasteiger partial charge in [0.25, 0.3) is 5.91 Å². The highest BCUT2D eigenvalue weighted by atomic mass is 35.5. The van der Waals surface area contributed by atoms with Crippen molar-refractivity contribution in [2.45, 2.75) is 33.1 Å². The first kappa shape index (κ1) is 24.8. The van der Waals surface area contributed by atoms with Crippen LogP contribution < -0.4 is 5.32 Å². The highest BCUT2D eigenvalue weighted by molar-refractivity contribution is 7.17. The minimum atomic E-state index is -0.393. The van der Waals surface area contributed by atoms with Gasteiger partial charge in [-0.05, 0) is 61.9 Å². The number of hydrogen-bond acceptors (Lipinski definition) is 5. The molecule has 0 radical (unpaired) electrons. The summed E-state index contributed by atoms with van der Waals surface area (Å²) < 4.78 is 5.36. The van der Waals surface area contributed by atoms with Gasteiger partial charge in [-0.25, -0.2) is 9.78 Å². The van der Waals surface area contributed by atoms with Gasteiger partial charge in [-0.3, -0.25) is 4.79 Å². The summed E-state index contributed by atoms with van der Waals surface area (Å²) in [6.45, 7) is 4.26. The Bertz CT molecular complexity index is 1500. The second kappa shape index (κ2) is 10.2. The van der Waals surface area contributed by atoms with Gasteiger partial charge in [-0.2, -0.15) is 0 Å². The SMILES string of the molecule is CCOC(=O)c1c(NC(=O)c2cc(-c3ccc(Cl)c(Cl)c3)nc3ccccc23)sc2c1CC[C@H](C)C2. The van der Waals surface area contributed by atoms with Crippen LogP contribution in [0.1, 0.15) is 51.4 Å². The first-order valence-corrected chi connectivity index (χ1v) is 13.4. The number of halogens is 2. The molecular formula is C28H24Cl2N2O3S. The number of carbonyl (C=O) groups is 2. The number of nitrogens with zero attached hydrogens (tertiary/aromatic N) is 1. The van der Waals surface area contributed by atoms with Crippen molar-refractivity contribution in [3.63, 3.8) is 0 Å². The molecule has 4 aromatic rings. The molecule has 0 unspecified atom stereocenters. The van der Waals surface area contributed by atoms with Crippen LogP contribution in [0.4, 0.5) is 5.00 Å². The first-order chi connectivity index (χ1) is 17.4. The topological polar surface area (TPSA) is 68.3 Å². The van der Waals surface area contributed by atoms with Crippen LogP contribution in [0.15, 0.2) is 48.5 Å². The van der Waals surface area contributed by atoms with Gasteiger partial charge >= 0.3 is 5.97 Å². The molecule has 0 spiro atoms. The largest absolute Gasteiger partial charge is 0.462 e. The second-order valence-electron chi connectivity index (χ2n) is 8.93. The van der Waals surface area contributed by atoms with E-state index in [2.05, 4.69) is 12.2 Å². The van der Waals surface area contributed by atoms with Crippen molar-refractivity contribution in [3.05, 3.63) is 80.1 Å². The Morgan fingerprint density at radius 2 is 1.94 bits per heavy atom. The fourth-order valence-electron chi connectivity index (χ4n) is 4.60. The van der Waals surface area contributed by atoms with Gasteiger partial charge in [-0.15, -0.1) is 11.3 Å². The number of benzene rings is 2. The minimum Gasteiger partial charge on any atom is -0.462 e. The second-order valence-corrected chi connectivity index (χ2v) is 10.9. The molecule has 5 nitrogen and oxygen atoms in total. The summed E-state index contributed by atoms with van der Waals surface area (Å²) in [7, 11) is 0. The lowest BCUT2D eigenvalue weighted by Gasteiger charge is -2.18. The summed E-state index contributed by atoms with van der Waals surface area (Å²) in [4.78, 5) is 32.5. The molecule has 5 rings (SSSR count). The molecule has 1 N–H and O–H groups in total. The zero-order valence-corrected chi connectivity index (χ0v) is 22.2. The molecule has 0 bridgehead atoms. The summed E-state index contributed by atoms with van der Waals surface area (Å²) in [5, 5.41) is 5.14. The number of amides is 1. The summed E-state index contributed by atoms with van der Waals surface area (Å²) >= 11 is 13.8. The van der Waals surface area contributed by atoms with Crippen molar-refractivity contribution in [3.8, 4) is 11.3 Å². The lowest BCUT2D eigenvalue weighted by molar-refractivity contribution is 0.0526. The standard InChI is InChI=1S/C28H24Cl2N2O3S/c1-3-35-28(34)25-18-10-8-15(2)12-24(18)36-27(25)32-26(33)19-14-23(16-9-11-20(29)21(30)13-16)31-22-7-5-4-6-17(19)22/h4-7,9,11,13-15H,3,8,10,12H2,1-2H3,(H,32,33)/t15-/m0/s1. The first-order valence-electron chi connectivity index (χ1n) is 11.8. The molecule has 1 aliphatic rings. The average molecular weight is 539 g/mol. The van der Waals surface area contributed by atoms with Gasteiger partial charge in [-0.1, -0.05) is 54.4 Å². The number of thiophene rings is 1. The maximum absolute atomic E-state index is 13.7. The molecule has 2 heterocycles. The number of para-hydroxylation sites is 1. The molecule has 0 fully saturated rings. The Morgan fingerprint density at radius 1 is 1.14 bits per heavy atom. The van der Waals surface area contributed by atoms with Gasteiger partial charge in [0.2, 0.25) is 0 Å². The minimum absolute atomic E-state index is 0.273. The Hall–Kier alpha value is -2.93. The number of aromatic nitrogens is 1. The molecule has 1 atom stereocenters. The fraction of sp³-hybridized carbons (Fsp3) is 0.250. The van der Waals surface area contributed by atoms with Crippen LogP contribution in [0.3, 0.4) is 0 Å². The van der Waals surface area contributed by atoms with Crippen LogP contribution in [0.5, 0.6) is 0 Å². The van der Waals surface area contributed by atoms with Gasteiger partial charge < -0.3 is 10.1 Å². The number of anilines is 1. The van der Waals surface area contributed by atoms with Crippen LogP contribution in [0, 0.1) is 5.92 Å². The normalized spacial score (nSPS) is 14.9. The van der Waals surface area contributed by atoms with E-state index in [0.29, 0.717) is 48.7 Å². The highest BCUT2D eigenvalue weighted by Gasteiger charge is 2.29. The van der Waals surface area contributed by atoms with E-state index in [0.717, 1.165) is 35.3 Å². The van der Waals surface area contributed by atoms with Crippen molar-refractivity contribution in [2.75, 3.05) is 11.9 Å². The predicted octanol–water partition coefficient (Wildman–Crippen LogP) is 7.82. The van der Waals surface area contributed by atoms with E-state index >= 15 is 0 Å². The van der Waals surface area contributed by atoms with Crippen LogP contribution in [0.2, 0.25) is 10.0 Å². The van der Waals surface area contributed by atoms with Crippen LogP contribution in [-0.4, -0.2) is 23.5 Å². The molecule has 0 saturated carbocycles. The molecule has 36 heavy (non-hydrogen) atoms. The van der Waals surface area contributed by atoms with E-state index in [4.69, 9.17) is 32.9 Å². The van der Waals surface area contributed by atoms with Gasteiger partial charge in [0.15, 0.2) is 0 Å². The Kier molecular flexibility index (Phi) is 7.02. The summed E-state index contributed by atoms with van der Waals surface area (Å²) in [5.41, 5.74) is 3.97. The third-order valence-electron chi connectivity index (χ3n) is 6.39. The highest BCUT2D eigenvalue weighted by Crippen LogP contribution is 2.40. The van der Waals surface area contributed by atoms with Crippen molar-refractivity contribution in [1.82, 2.24) is 4.98 Å².